The summed E-state index contributed by atoms with van der Waals surface area (Å²) in [6.07, 6.45) is 1.74. The first-order valence-electron chi connectivity index (χ1n) is 5.13. The molecule has 1 aliphatic rings. The highest BCUT2D eigenvalue weighted by Crippen LogP contribution is 2.29. The van der Waals surface area contributed by atoms with Gasteiger partial charge in [-0.2, -0.15) is 5.10 Å². The van der Waals surface area contributed by atoms with Crippen molar-refractivity contribution in [3.8, 4) is 0 Å². The van der Waals surface area contributed by atoms with Crippen LogP contribution in [0.5, 0.6) is 0 Å². The molecular formula is C10H12IN5. The Morgan fingerprint density at radius 2 is 2.25 bits per heavy atom. The summed E-state index contributed by atoms with van der Waals surface area (Å²) in [5.74, 6) is 0.570. The third-order valence-electron chi connectivity index (χ3n) is 3.00. The van der Waals surface area contributed by atoms with Gasteiger partial charge in [-0.05, 0) is 35.7 Å². The molecule has 2 aromatic rings. The third-order valence-corrected chi connectivity index (χ3v) is 3.75. The first-order valence-corrected chi connectivity index (χ1v) is 6.21. The summed E-state index contributed by atoms with van der Waals surface area (Å²) in [5.41, 5.74) is 6.97. The van der Waals surface area contributed by atoms with E-state index in [0.29, 0.717) is 11.9 Å². The number of anilines is 1. The Morgan fingerprint density at radius 3 is 2.94 bits per heavy atom. The van der Waals surface area contributed by atoms with E-state index in [4.69, 9.17) is 5.73 Å². The lowest BCUT2D eigenvalue weighted by atomic mass is 10.1. The van der Waals surface area contributed by atoms with Gasteiger partial charge in [0.15, 0.2) is 0 Å². The van der Waals surface area contributed by atoms with Crippen LogP contribution in [0.1, 0.15) is 6.04 Å². The second-order valence-corrected chi connectivity index (χ2v) is 5.22. The van der Waals surface area contributed by atoms with Crippen LogP contribution < -0.4 is 5.73 Å². The van der Waals surface area contributed by atoms with Gasteiger partial charge >= 0.3 is 0 Å². The summed E-state index contributed by atoms with van der Waals surface area (Å²) in [5, 5.41) is 5.55. The van der Waals surface area contributed by atoms with Crippen LogP contribution in [0.3, 0.4) is 0 Å². The number of rotatable bonds is 1. The van der Waals surface area contributed by atoms with Gasteiger partial charge in [-0.1, -0.05) is 0 Å². The number of nitrogens with zero attached hydrogens (tertiary/aromatic N) is 4. The zero-order valence-electron chi connectivity index (χ0n) is 8.89. The lowest BCUT2D eigenvalue weighted by Gasteiger charge is -2.36. The van der Waals surface area contributed by atoms with Crippen LogP contribution in [-0.4, -0.2) is 39.8 Å². The standard InChI is InChI=1S/C10H12IN5/c1-15-4-6(5-15)16-7-2-3-13-10(12)8(7)9(11)14-16/h2-3,6H,4-5H2,1H3,(H2,12,13). The smallest absolute Gasteiger partial charge is 0.135 e. The van der Waals surface area contributed by atoms with Crippen molar-refractivity contribution in [3.05, 3.63) is 16.0 Å². The average Bonchev–Trinajstić information content (AvgIpc) is 2.53. The van der Waals surface area contributed by atoms with Gasteiger partial charge in [-0.3, -0.25) is 4.68 Å². The molecule has 3 heterocycles. The van der Waals surface area contributed by atoms with Crippen LogP contribution in [0.4, 0.5) is 5.82 Å². The Kier molecular flexibility index (Phi) is 2.28. The summed E-state index contributed by atoms with van der Waals surface area (Å²) in [6, 6.07) is 2.46. The van der Waals surface area contributed by atoms with E-state index >= 15 is 0 Å². The second kappa shape index (κ2) is 3.56. The van der Waals surface area contributed by atoms with Crippen LogP contribution in [-0.2, 0) is 0 Å². The highest BCUT2D eigenvalue weighted by molar-refractivity contribution is 14.1. The van der Waals surface area contributed by atoms with Crippen molar-refractivity contribution in [2.75, 3.05) is 25.9 Å². The molecule has 0 spiro atoms. The van der Waals surface area contributed by atoms with E-state index in [9.17, 15) is 0 Å². The van der Waals surface area contributed by atoms with Gasteiger partial charge in [-0.15, -0.1) is 0 Å². The largest absolute Gasteiger partial charge is 0.383 e. The van der Waals surface area contributed by atoms with E-state index in [1.807, 2.05) is 6.07 Å². The van der Waals surface area contributed by atoms with Gasteiger partial charge in [-0.25, -0.2) is 4.98 Å². The van der Waals surface area contributed by atoms with Crippen molar-refractivity contribution in [1.29, 1.82) is 0 Å². The molecule has 0 unspecified atom stereocenters. The molecule has 0 aliphatic carbocycles. The molecular weight excluding hydrogens is 317 g/mol. The molecule has 0 radical (unpaired) electrons. The number of nitrogen functional groups attached to an aromatic ring is 1. The first kappa shape index (κ1) is 10.3. The minimum atomic E-state index is 0.470. The fraction of sp³-hybridized carbons (Fsp3) is 0.400. The maximum Gasteiger partial charge on any atom is 0.135 e. The van der Waals surface area contributed by atoms with Gasteiger partial charge in [0, 0.05) is 19.3 Å². The molecule has 5 nitrogen and oxygen atoms in total. The molecule has 1 aliphatic heterocycles. The Bertz CT molecular complexity index is 543. The first-order chi connectivity index (χ1) is 7.66. The number of hydrogen-bond donors (Lipinski definition) is 1. The van der Waals surface area contributed by atoms with E-state index in [1.54, 1.807) is 6.20 Å². The maximum absolute atomic E-state index is 5.88. The lowest BCUT2D eigenvalue weighted by Crippen LogP contribution is -2.45. The molecule has 84 valence electrons. The number of likely N-dealkylation sites (N-methyl/N-ethyl adjacent to an activating group) is 1. The summed E-state index contributed by atoms with van der Waals surface area (Å²) in [6.45, 7) is 2.10. The van der Waals surface area contributed by atoms with Gasteiger partial charge < -0.3 is 10.6 Å². The number of likely N-dealkylation sites (tertiary alicyclic amines) is 1. The zero-order valence-corrected chi connectivity index (χ0v) is 11.0. The number of pyridine rings is 1. The van der Waals surface area contributed by atoms with Crippen LogP contribution in [0, 0.1) is 3.70 Å². The van der Waals surface area contributed by atoms with Crippen molar-refractivity contribution in [1.82, 2.24) is 19.7 Å². The van der Waals surface area contributed by atoms with Crippen molar-refractivity contribution >= 4 is 39.3 Å². The molecule has 1 saturated heterocycles. The van der Waals surface area contributed by atoms with Crippen LogP contribution in [0.2, 0.25) is 0 Å². The topological polar surface area (TPSA) is 60.0 Å². The van der Waals surface area contributed by atoms with Crippen LogP contribution >= 0.6 is 22.6 Å². The van der Waals surface area contributed by atoms with E-state index in [0.717, 1.165) is 27.7 Å². The normalized spacial score (nSPS) is 17.9. The second-order valence-electron chi connectivity index (χ2n) is 4.20. The predicted molar refractivity (Wildman–Crippen MR) is 71.2 cm³/mol. The highest BCUT2D eigenvalue weighted by Gasteiger charge is 2.28. The molecule has 16 heavy (non-hydrogen) atoms. The Hall–Kier alpha value is -0.890. The zero-order chi connectivity index (χ0) is 11.3. The molecule has 3 rings (SSSR count). The molecule has 0 atom stereocenters. The minimum absolute atomic E-state index is 0.470. The van der Waals surface area contributed by atoms with E-state index in [-0.39, 0.29) is 0 Å². The number of halogens is 1. The molecule has 0 aromatic carbocycles. The SMILES string of the molecule is CN1CC(n2nc(I)c3c(N)nccc32)C1. The maximum atomic E-state index is 5.88. The number of fused-ring (bicyclic) bond motifs is 1. The third kappa shape index (κ3) is 1.40. The van der Waals surface area contributed by atoms with Crippen LogP contribution in [0.15, 0.2) is 12.3 Å². The molecule has 0 amide bonds. The highest BCUT2D eigenvalue weighted by atomic mass is 127. The minimum Gasteiger partial charge on any atom is -0.383 e. The molecule has 0 bridgehead atoms. The monoisotopic (exact) mass is 329 g/mol. The molecule has 0 saturated carbocycles. The van der Waals surface area contributed by atoms with Gasteiger partial charge in [0.25, 0.3) is 0 Å². The lowest BCUT2D eigenvalue weighted by molar-refractivity contribution is 0.134. The molecule has 1 fully saturated rings. The number of aromatic nitrogens is 3. The summed E-state index contributed by atoms with van der Waals surface area (Å²) < 4.78 is 3.02. The van der Waals surface area contributed by atoms with Crippen molar-refractivity contribution in [2.45, 2.75) is 6.04 Å². The van der Waals surface area contributed by atoms with Crippen molar-refractivity contribution in [2.24, 2.45) is 0 Å². The molecule has 2 N–H and O–H groups in total. The van der Waals surface area contributed by atoms with Gasteiger partial charge in [0.05, 0.1) is 16.9 Å². The quantitative estimate of drug-likeness (QED) is 0.796. The van der Waals surface area contributed by atoms with Crippen LogP contribution in [0.25, 0.3) is 10.9 Å². The van der Waals surface area contributed by atoms with Crippen molar-refractivity contribution in [3.63, 3.8) is 0 Å². The fourth-order valence-corrected chi connectivity index (χ4v) is 2.95. The van der Waals surface area contributed by atoms with Gasteiger partial charge in [0.2, 0.25) is 0 Å². The molecule has 2 aromatic heterocycles. The van der Waals surface area contributed by atoms with Crippen molar-refractivity contribution < 1.29 is 0 Å². The molecule has 6 heteroatoms. The number of hydrogen-bond acceptors (Lipinski definition) is 4. The predicted octanol–water partition coefficient (Wildman–Crippen LogP) is 1.10. The van der Waals surface area contributed by atoms with Gasteiger partial charge in [0.1, 0.15) is 9.52 Å². The summed E-state index contributed by atoms with van der Waals surface area (Å²) in [4.78, 5) is 6.38. The van der Waals surface area contributed by atoms with E-state index < -0.39 is 0 Å². The Morgan fingerprint density at radius 1 is 1.50 bits per heavy atom. The fourth-order valence-electron chi connectivity index (χ4n) is 2.17. The Balaban J connectivity index is 2.16. The van der Waals surface area contributed by atoms with E-state index in [1.165, 1.54) is 0 Å². The number of nitrogens with two attached hydrogens (primary N) is 1. The van der Waals surface area contributed by atoms with E-state index in [2.05, 4.69) is 49.3 Å². The average molecular weight is 329 g/mol. The Labute approximate surface area is 107 Å². The summed E-state index contributed by atoms with van der Waals surface area (Å²) >= 11 is 2.22. The summed E-state index contributed by atoms with van der Waals surface area (Å²) in [7, 11) is 2.11.